The average Bonchev–Trinajstić information content (AvgIpc) is 3.11. The van der Waals surface area contributed by atoms with Crippen molar-refractivity contribution in [2.75, 3.05) is 6.54 Å². The summed E-state index contributed by atoms with van der Waals surface area (Å²) in [5.41, 5.74) is 6.98. The Morgan fingerprint density at radius 1 is 1.35 bits per heavy atom. The van der Waals surface area contributed by atoms with Gasteiger partial charge in [-0.1, -0.05) is 19.3 Å². The Bertz CT molecular complexity index is 639. The first kappa shape index (κ1) is 16.0. The summed E-state index contributed by atoms with van der Waals surface area (Å²) in [5.74, 6) is 0.327. The minimum absolute atomic E-state index is 0.0319. The lowest BCUT2D eigenvalue weighted by Crippen LogP contribution is -2.46. The highest BCUT2D eigenvalue weighted by atomic mass is 32.1. The summed E-state index contributed by atoms with van der Waals surface area (Å²) in [4.78, 5) is 25.0. The summed E-state index contributed by atoms with van der Waals surface area (Å²) >= 11 is 1.40. The van der Waals surface area contributed by atoms with E-state index in [1.54, 1.807) is 24.0 Å². The molecule has 1 aliphatic rings. The molecule has 7 heteroatoms. The van der Waals surface area contributed by atoms with Gasteiger partial charge in [0.05, 0.1) is 6.20 Å². The lowest BCUT2D eigenvalue weighted by atomic mass is 9.84. The first-order chi connectivity index (χ1) is 11.3. The molecule has 1 fully saturated rings. The maximum absolute atomic E-state index is 12.4. The molecule has 1 saturated carbocycles. The molecule has 2 heterocycles. The molecule has 1 amide bonds. The number of thiazole rings is 1. The van der Waals surface area contributed by atoms with E-state index in [9.17, 15) is 4.79 Å². The standard InChI is InChI=1S/C16H21N5OS/c17-8-12(11-4-2-1-3-5-11)20-15(22)14-10-23-16(21-14)13-9-18-6-7-19-13/h6-7,9-12H,1-5,8,17H2,(H,20,22). The van der Waals surface area contributed by atoms with Crippen molar-refractivity contribution in [3.8, 4) is 10.7 Å². The zero-order chi connectivity index (χ0) is 16.1. The van der Waals surface area contributed by atoms with Crippen molar-refractivity contribution >= 4 is 17.2 Å². The topological polar surface area (TPSA) is 93.8 Å². The smallest absolute Gasteiger partial charge is 0.271 e. The monoisotopic (exact) mass is 331 g/mol. The Morgan fingerprint density at radius 3 is 2.87 bits per heavy atom. The molecule has 23 heavy (non-hydrogen) atoms. The van der Waals surface area contributed by atoms with E-state index in [1.807, 2.05) is 0 Å². The van der Waals surface area contributed by atoms with E-state index < -0.39 is 0 Å². The molecule has 6 nitrogen and oxygen atoms in total. The molecule has 122 valence electrons. The van der Waals surface area contributed by atoms with E-state index in [0.717, 1.165) is 12.8 Å². The summed E-state index contributed by atoms with van der Waals surface area (Å²) in [5, 5.41) is 5.52. The first-order valence-corrected chi connectivity index (χ1v) is 8.88. The number of nitrogens with one attached hydrogen (secondary N) is 1. The van der Waals surface area contributed by atoms with Crippen molar-refractivity contribution in [3.05, 3.63) is 29.7 Å². The summed E-state index contributed by atoms with van der Waals surface area (Å²) in [6.45, 7) is 0.470. The molecule has 0 aliphatic heterocycles. The number of nitrogens with two attached hydrogens (primary N) is 1. The van der Waals surface area contributed by atoms with Crippen LogP contribution in [0.3, 0.4) is 0 Å². The third-order valence-corrected chi connectivity index (χ3v) is 5.17. The Labute approximate surface area is 139 Å². The number of aromatic nitrogens is 3. The molecule has 2 aromatic rings. The molecule has 1 aliphatic carbocycles. The largest absolute Gasteiger partial charge is 0.346 e. The molecule has 0 radical (unpaired) electrons. The van der Waals surface area contributed by atoms with Crippen molar-refractivity contribution < 1.29 is 4.79 Å². The zero-order valence-electron chi connectivity index (χ0n) is 12.9. The third-order valence-electron chi connectivity index (χ3n) is 4.31. The number of hydrogen-bond donors (Lipinski definition) is 2. The molecule has 3 rings (SSSR count). The van der Waals surface area contributed by atoms with Gasteiger partial charge < -0.3 is 11.1 Å². The Morgan fingerprint density at radius 2 is 2.17 bits per heavy atom. The second kappa shape index (κ2) is 7.61. The van der Waals surface area contributed by atoms with Crippen molar-refractivity contribution in [2.24, 2.45) is 11.7 Å². The predicted molar refractivity (Wildman–Crippen MR) is 90.0 cm³/mol. The van der Waals surface area contributed by atoms with Gasteiger partial charge in [-0.3, -0.25) is 14.8 Å². The highest BCUT2D eigenvalue weighted by Gasteiger charge is 2.25. The molecular weight excluding hydrogens is 310 g/mol. The maximum Gasteiger partial charge on any atom is 0.271 e. The number of hydrogen-bond acceptors (Lipinski definition) is 6. The fourth-order valence-electron chi connectivity index (χ4n) is 3.05. The van der Waals surface area contributed by atoms with Crippen molar-refractivity contribution in [1.82, 2.24) is 20.3 Å². The van der Waals surface area contributed by atoms with Gasteiger partial charge in [0.1, 0.15) is 16.4 Å². The van der Waals surface area contributed by atoms with Gasteiger partial charge >= 0.3 is 0 Å². The lowest BCUT2D eigenvalue weighted by Gasteiger charge is -2.29. The van der Waals surface area contributed by atoms with Crippen molar-refractivity contribution in [3.63, 3.8) is 0 Å². The maximum atomic E-state index is 12.4. The molecular formula is C16H21N5OS. The normalized spacial score (nSPS) is 16.9. The predicted octanol–water partition coefficient (Wildman–Crippen LogP) is 2.24. The molecule has 0 aromatic carbocycles. The minimum Gasteiger partial charge on any atom is -0.346 e. The van der Waals surface area contributed by atoms with Gasteiger partial charge in [-0.2, -0.15) is 0 Å². The van der Waals surface area contributed by atoms with Crippen LogP contribution in [0.15, 0.2) is 24.0 Å². The molecule has 1 unspecified atom stereocenters. The van der Waals surface area contributed by atoms with Gasteiger partial charge in [0.2, 0.25) is 0 Å². The van der Waals surface area contributed by atoms with E-state index in [4.69, 9.17) is 5.73 Å². The number of rotatable bonds is 5. The van der Waals surface area contributed by atoms with Crippen LogP contribution in [0.5, 0.6) is 0 Å². The summed E-state index contributed by atoms with van der Waals surface area (Å²) < 4.78 is 0. The number of carbonyl (C=O) groups excluding carboxylic acids is 1. The summed E-state index contributed by atoms with van der Waals surface area (Å²) in [7, 11) is 0. The average molecular weight is 331 g/mol. The molecule has 0 saturated heterocycles. The van der Waals surface area contributed by atoms with E-state index in [2.05, 4.69) is 20.3 Å². The van der Waals surface area contributed by atoms with Crippen LogP contribution in [0, 0.1) is 5.92 Å². The fraction of sp³-hybridized carbons (Fsp3) is 0.500. The quantitative estimate of drug-likeness (QED) is 0.876. The van der Waals surface area contributed by atoms with Crippen LogP contribution in [-0.4, -0.2) is 33.4 Å². The third kappa shape index (κ3) is 3.92. The van der Waals surface area contributed by atoms with E-state index in [0.29, 0.717) is 28.9 Å². The SMILES string of the molecule is NCC(NC(=O)c1csc(-c2cnccn2)n1)C1CCCCC1. The van der Waals surface area contributed by atoms with Crippen molar-refractivity contribution in [2.45, 2.75) is 38.1 Å². The van der Waals surface area contributed by atoms with Gasteiger partial charge in [-0.05, 0) is 18.8 Å². The Hall–Kier alpha value is -1.86. The van der Waals surface area contributed by atoms with Gasteiger partial charge in [-0.25, -0.2) is 4.98 Å². The molecule has 0 bridgehead atoms. The van der Waals surface area contributed by atoms with Gasteiger partial charge in [-0.15, -0.1) is 11.3 Å². The highest BCUT2D eigenvalue weighted by Crippen LogP contribution is 2.26. The van der Waals surface area contributed by atoms with Gasteiger partial charge in [0.25, 0.3) is 5.91 Å². The van der Waals surface area contributed by atoms with Crippen LogP contribution in [0.4, 0.5) is 0 Å². The number of amides is 1. The minimum atomic E-state index is -0.155. The van der Waals surface area contributed by atoms with Crippen LogP contribution >= 0.6 is 11.3 Å². The van der Waals surface area contributed by atoms with Crippen LogP contribution in [-0.2, 0) is 0 Å². The van der Waals surface area contributed by atoms with Crippen molar-refractivity contribution in [1.29, 1.82) is 0 Å². The van der Waals surface area contributed by atoms with Crippen LogP contribution in [0.25, 0.3) is 10.7 Å². The van der Waals surface area contributed by atoms with Gasteiger partial charge in [0.15, 0.2) is 0 Å². The zero-order valence-corrected chi connectivity index (χ0v) is 13.8. The summed E-state index contributed by atoms with van der Waals surface area (Å²) in [6.07, 6.45) is 10.9. The number of nitrogens with zero attached hydrogens (tertiary/aromatic N) is 3. The fourth-order valence-corrected chi connectivity index (χ4v) is 3.81. The molecule has 3 N–H and O–H groups in total. The molecule has 0 spiro atoms. The second-order valence-electron chi connectivity index (χ2n) is 5.84. The van der Waals surface area contributed by atoms with Crippen LogP contribution in [0.2, 0.25) is 0 Å². The molecule has 2 aromatic heterocycles. The second-order valence-corrected chi connectivity index (χ2v) is 6.70. The van der Waals surface area contributed by atoms with Gasteiger partial charge in [0, 0.05) is 30.4 Å². The Balaban J connectivity index is 1.67. The molecule has 1 atom stereocenters. The first-order valence-electron chi connectivity index (χ1n) is 8.01. The van der Waals surface area contributed by atoms with Crippen LogP contribution < -0.4 is 11.1 Å². The summed E-state index contributed by atoms with van der Waals surface area (Å²) in [6, 6.07) is 0.0319. The van der Waals surface area contributed by atoms with E-state index in [-0.39, 0.29) is 11.9 Å². The Kier molecular flexibility index (Phi) is 5.30. The highest BCUT2D eigenvalue weighted by molar-refractivity contribution is 7.13. The lowest BCUT2D eigenvalue weighted by molar-refractivity contribution is 0.0911. The number of carbonyl (C=O) groups is 1. The van der Waals surface area contributed by atoms with E-state index in [1.165, 1.54) is 30.6 Å². The van der Waals surface area contributed by atoms with Crippen LogP contribution in [0.1, 0.15) is 42.6 Å². The van der Waals surface area contributed by atoms with E-state index >= 15 is 0 Å².